The number of fused-ring (bicyclic) bond motifs is 1. The summed E-state index contributed by atoms with van der Waals surface area (Å²) >= 11 is 3.56. The van der Waals surface area contributed by atoms with Crippen molar-refractivity contribution in [1.82, 2.24) is 0 Å². The molecule has 0 bridgehead atoms. The van der Waals surface area contributed by atoms with Gasteiger partial charge in [-0.3, -0.25) is 0 Å². The molecule has 0 radical (unpaired) electrons. The van der Waals surface area contributed by atoms with Crippen LogP contribution >= 0.6 is 15.9 Å². The molecular weight excluding hydrogens is 660 g/mol. The lowest BCUT2D eigenvalue weighted by Gasteiger charge is -2.42. The highest BCUT2D eigenvalue weighted by Gasteiger charge is 2.42. The SMILES string of the molecule is COc1c(Br)cc(OC)c2c(O)c([C@H]3C[C@@H](OCc4ccccc4)[C@H](OCc4ccccc4)[C@@H](COCc4ccccc4)O3)ccc12. The number of benzene rings is 5. The number of ether oxygens (including phenoxy) is 6. The summed E-state index contributed by atoms with van der Waals surface area (Å²) in [7, 11) is 3.19. The fraction of sp³-hybridized carbons (Fsp3) is 0.282. The first-order valence-corrected chi connectivity index (χ1v) is 16.5. The van der Waals surface area contributed by atoms with E-state index in [1.807, 2.05) is 103 Å². The second kappa shape index (κ2) is 15.8. The molecule has 1 fully saturated rings. The number of hydrogen-bond donors (Lipinski definition) is 1. The molecule has 7 nitrogen and oxygen atoms in total. The van der Waals surface area contributed by atoms with Gasteiger partial charge in [-0.1, -0.05) is 97.1 Å². The molecule has 1 heterocycles. The molecule has 0 saturated carbocycles. The molecule has 5 aromatic carbocycles. The third-order valence-corrected chi connectivity index (χ3v) is 9.04. The zero-order valence-corrected chi connectivity index (χ0v) is 28.1. The highest BCUT2D eigenvalue weighted by Crippen LogP contribution is 2.48. The van der Waals surface area contributed by atoms with E-state index < -0.39 is 18.3 Å². The van der Waals surface area contributed by atoms with E-state index in [9.17, 15) is 5.11 Å². The van der Waals surface area contributed by atoms with Crippen LogP contribution in [-0.2, 0) is 38.8 Å². The first-order chi connectivity index (χ1) is 23.1. The Morgan fingerprint density at radius 1 is 0.745 bits per heavy atom. The van der Waals surface area contributed by atoms with E-state index in [0.717, 1.165) is 26.5 Å². The van der Waals surface area contributed by atoms with E-state index in [-0.39, 0.29) is 18.5 Å². The van der Waals surface area contributed by atoms with E-state index >= 15 is 0 Å². The molecule has 1 saturated heterocycles. The van der Waals surface area contributed by atoms with Crippen molar-refractivity contribution in [2.24, 2.45) is 0 Å². The van der Waals surface area contributed by atoms with Crippen LogP contribution < -0.4 is 9.47 Å². The predicted octanol–water partition coefficient (Wildman–Crippen LogP) is 8.54. The Morgan fingerprint density at radius 2 is 1.34 bits per heavy atom. The van der Waals surface area contributed by atoms with Crippen molar-refractivity contribution >= 4 is 26.7 Å². The van der Waals surface area contributed by atoms with Crippen molar-refractivity contribution in [3.8, 4) is 17.2 Å². The third-order valence-electron chi connectivity index (χ3n) is 8.45. The maximum Gasteiger partial charge on any atom is 0.141 e. The van der Waals surface area contributed by atoms with Gasteiger partial charge in [0.05, 0.1) is 62.7 Å². The summed E-state index contributed by atoms with van der Waals surface area (Å²) < 4.78 is 38.4. The van der Waals surface area contributed by atoms with Gasteiger partial charge in [-0.05, 0) is 44.8 Å². The van der Waals surface area contributed by atoms with E-state index in [1.165, 1.54) is 0 Å². The van der Waals surface area contributed by atoms with Crippen LogP contribution in [0.1, 0.15) is 34.8 Å². The fourth-order valence-electron chi connectivity index (χ4n) is 6.11. The van der Waals surface area contributed by atoms with Crippen LogP contribution in [0, 0.1) is 0 Å². The van der Waals surface area contributed by atoms with Gasteiger partial charge in [0.2, 0.25) is 0 Å². The summed E-state index contributed by atoms with van der Waals surface area (Å²) in [5.41, 5.74) is 3.81. The van der Waals surface area contributed by atoms with Gasteiger partial charge in [0.25, 0.3) is 0 Å². The van der Waals surface area contributed by atoms with Gasteiger partial charge in [-0.15, -0.1) is 0 Å². The normalized spacial score (nSPS) is 19.5. The minimum atomic E-state index is -0.513. The van der Waals surface area contributed by atoms with Gasteiger partial charge in [0.1, 0.15) is 29.5 Å². The van der Waals surface area contributed by atoms with Crippen LogP contribution in [0.4, 0.5) is 0 Å². The monoisotopic (exact) mass is 698 g/mol. The topological polar surface area (TPSA) is 75.6 Å². The number of aromatic hydroxyl groups is 1. The Balaban J connectivity index is 1.34. The average Bonchev–Trinajstić information content (AvgIpc) is 3.11. The molecular formula is C39H39BrO7. The van der Waals surface area contributed by atoms with Crippen LogP contribution in [0.15, 0.2) is 114 Å². The van der Waals surface area contributed by atoms with Crippen molar-refractivity contribution in [2.45, 2.75) is 50.7 Å². The van der Waals surface area contributed by atoms with E-state index in [2.05, 4.69) is 15.9 Å². The molecule has 8 heteroatoms. The zero-order valence-electron chi connectivity index (χ0n) is 26.5. The summed E-state index contributed by atoms with van der Waals surface area (Å²) in [6.07, 6.45) is -1.34. The van der Waals surface area contributed by atoms with E-state index in [1.54, 1.807) is 20.3 Å². The number of phenols is 1. The summed E-state index contributed by atoms with van der Waals surface area (Å²) in [4.78, 5) is 0. The highest BCUT2D eigenvalue weighted by atomic mass is 79.9. The number of hydrogen-bond acceptors (Lipinski definition) is 7. The zero-order chi connectivity index (χ0) is 32.6. The Morgan fingerprint density at radius 3 is 1.94 bits per heavy atom. The first kappa shape index (κ1) is 33.0. The van der Waals surface area contributed by atoms with Crippen molar-refractivity contribution in [3.63, 3.8) is 0 Å². The highest BCUT2D eigenvalue weighted by molar-refractivity contribution is 9.10. The van der Waals surface area contributed by atoms with Gasteiger partial charge in [0.15, 0.2) is 0 Å². The van der Waals surface area contributed by atoms with Gasteiger partial charge in [0, 0.05) is 17.4 Å². The second-order valence-electron chi connectivity index (χ2n) is 11.5. The molecule has 0 aliphatic carbocycles. The molecule has 5 aromatic rings. The fourth-order valence-corrected chi connectivity index (χ4v) is 6.69. The minimum Gasteiger partial charge on any atom is -0.507 e. The van der Waals surface area contributed by atoms with Gasteiger partial charge < -0.3 is 33.5 Å². The van der Waals surface area contributed by atoms with Crippen LogP contribution in [-0.4, -0.2) is 44.2 Å². The molecule has 1 N–H and O–H groups in total. The first-order valence-electron chi connectivity index (χ1n) is 15.7. The lowest BCUT2D eigenvalue weighted by atomic mass is 9.91. The maximum atomic E-state index is 11.8. The second-order valence-corrected chi connectivity index (χ2v) is 12.4. The number of halogens is 1. The molecule has 0 aromatic heterocycles. The Labute approximate surface area is 284 Å². The van der Waals surface area contributed by atoms with E-state index in [0.29, 0.717) is 48.7 Å². The quantitative estimate of drug-likeness (QED) is 0.132. The molecule has 1 aliphatic heterocycles. The number of methoxy groups -OCH3 is 2. The molecule has 1 aliphatic rings. The van der Waals surface area contributed by atoms with Gasteiger partial charge >= 0.3 is 0 Å². The van der Waals surface area contributed by atoms with Crippen LogP contribution in [0.25, 0.3) is 10.8 Å². The summed E-state index contributed by atoms with van der Waals surface area (Å²) in [5, 5.41) is 13.1. The predicted molar refractivity (Wildman–Crippen MR) is 185 cm³/mol. The minimum absolute atomic E-state index is 0.0737. The average molecular weight is 700 g/mol. The number of rotatable bonds is 13. The van der Waals surface area contributed by atoms with Crippen LogP contribution in [0.2, 0.25) is 0 Å². The van der Waals surface area contributed by atoms with Crippen molar-refractivity contribution in [3.05, 3.63) is 136 Å². The molecule has 4 atom stereocenters. The van der Waals surface area contributed by atoms with Crippen LogP contribution in [0.5, 0.6) is 17.2 Å². The third kappa shape index (κ3) is 7.80. The molecule has 0 amide bonds. The van der Waals surface area contributed by atoms with Crippen LogP contribution in [0.3, 0.4) is 0 Å². The summed E-state index contributed by atoms with van der Waals surface area (Å²) in [5.74, 6) is 1.20. The maximum absolute atomic E-state index is 11.8. The molecule has 0 unspecified atom stereocenters. The number of phenolic OH excluding ortho intramolecular Hbond substituents is 1. The summed E-state index contributed by atoms with van der Waals surface area (Å²) in [6, 6.07) is 35.8. The largest absolute Gasteiger partial charge is 0.507 e. The van der Waals surface area contributed by atoms with Gasteiger partial charge in [-0.2, -0.15) is 0 Å². The summed E-state index contributed by atoms with van der Waals surface area (Å²) in [6.45, 7) is 1.50. The van der Waals surface area contributed by atoms with Gasteiger partial charge in [-0.25, -0.2) is 0 Å². The molecule has 244 valence electrons. The van der Waals surface area contributed by atoms with Crippen molar-refractivity contribution in [1.29, 1.82) is 0 Å². The Kier molecular flexibility index (Phi) is 11.1. The van der Waals surface area contributed by atoms with Crippen molar-refractivity contribution in [2.75, 3.05) is 20.8 Å². The smallest absolute Gasteiger partial charge is 0.141 e. The molecule has 0 spiro atoms. The Hall–Kier alpha value is -3.92. The Bertz CT molecular complexity index is 1730. The molecule has 6 rings (SSSR count). The van der Waals surface area contributed by atoms with E-state index in [4.69, 9.17) is 28.4 Å². The standard InChI is InChI=1S/C39H39BrO7/c1-42-33-20-31(40)38(43-2)30-19-18-29(37(41)36(30)33)32-21-34(45-23-27-14-8-4-9-15-27)39(46-24-28-16-10-5-11-17-28)35(47-32)25-44-22-26-12-6-3-7-13-26/h3-20,32,34-35,39,41H,21-25H2,1-2H3/t32-,34-,35-,39+/m1/s1. The lowest BCUT2D eigenvalue weighted by molar-refractivity contribution is -0.222. The lowest BCUT2D eigenvalue weighted by Crippen LogP contribution is -2.50. The molecule has 47 heavy (non-hydrogen) atoms. The van der Waals surface area contributed by atoms with Crippen molar-refractivity contribution < 1.29 is 33.5 Å².